The fourth-order valence-electron chi connectivity index (χ4n) is 3.20. The average Bonchev–Trinajstić information content (AvgIpc) is 2.32. The van der Waals surface area contributed by atoms with Gasteiger partial charge in [0.15, 0.2) is 0 Å². The number of carbonyl (C=O) groups excluding carboxylic acids is 2. The number of nitrogens with one attached hydrogen (secondary N) is 1. The van der Waals surface area contributed by atoms with E-state index in [1.54, 1.807) is 13.8 Å². The molecule has 2 aliphatic heterocycles. The summed E-state index contributed by atoms with van der Waals surface area (Å²) in [5.41, 5.74) is -0.779. The fourth-order valence-corrected chi connectivity index (χ4v) is 3.20. The fraction of sp³-hybridized carbons (Fsp3) is 0.857. The van der Waals surface area contributed by atoms with Crippen molar-refractivity contribution < 1.29 is 9.59 Å². The number of nitrogens with zero attached hydrogens (tertiary/aromatic N) is 2. The van der Waals surface area contributed by atoms with Crippen molar-refractivity contribution in [1.29, 1.82) is 0 Å². The van der Waals surface area contributed by atoms with E-state index in [-0.39, 0.29) is 23.9 Å². The Kier molecular flexibility index (Phi) is 3.85. The van der Waals surface area contributed by atoms with Gasteiger partial charge in [0.05, 0.1) is 0 Å². The molecule has 5 heteroatoms. The van der Waals surface area contributed by atoms with Gasteiger partial charge in [-0.2, -0.15) is 0 Å². The Labute approximate surface area is 115 Å². The van der Waals surface area contributed by atoms with Crippen LogP contribution in [0.3, 0.4) is 0 Å². The Balaban J connectivity index is 2.26. The summed E-state index contributed by atoms with van der Waals surface area (Å²) in [4.78, 5) is 29.0. The minimum atomic E-state index is -0.779. The van der Waals surface area contributed by atoms with Gasteiger partial charge in [-0.15, -0.1) is 0 Å². The Morgan fingerprint density at radius 1 is 1.37 bits per heavy atom. The van der Waals surface area contributed by atoms with E-state index in [4.69, 9.17) is 0 Å². The van der Waals surface area contributed by atoms with Crippen molar-refractivity contribution in [3.05, 3.63) is 0 Å². The van der Waals surface area contributed by atoms with E-state index in [1.165, 1.54) is 0 Å². The molecule has 2 atom stereocenters. The summed E-state index contributed by atoms with van der Waals surface area (Å²) in [6, 6.07) is -0.140. The van der Waals surface area contributed by atoms with Gasteiger partial charge in [-0.1, -0.05) is 6.92 Å². The number of piperidine rings is 1. The third-order valence-corrected chi connectivity index (χ3v) is 4.22. The smallest absolute Gasteiger partial charge is 0.248 e. The first kappa shape index (κ1) is 14.3. The Morgan fingerprint density at radius 2 is 2.05 bits per heavy atom. The lowest BCUT2D eigenvalue weighted by molar-refractivity contribution is -0.157. The normalized spacial score (nSPS) is 32.3. The highest BCUT2D eigenvalue weighted by atomic mass is 16.2. The van der Waals surface area contributed by atoms with Crippen molar-refractivity contribution in [1.82, 2.24) is 15.1 Å². The maximum Gasteiger partial charge on any atom is 0.248 e. The van der Waals surface area contributed by atoms with E-state index in [0.29, 0.717) is 6.42 Å². The van der Waals surface area contributed by atoms with Crippen LogP contribution in [0.15, 0.2) is 0 Å². The Bertz CT molecular complexity index is 381. The van der Waals surface area contributed by atoms with E-state index in [2.05, 4.69) is 17.3 Å². The predicted octanol–water partition coefficient (Wildman–Crippen LogP) is 0.596. The maximum absolute atomic E-state index is 12.7. The van der Waals surface area contributed by atoms with E-state index in [9.17, 15) is 9.59 Å². The molecule has 2 aliphatic rings. The predicted molar refractivity (Wildman–Crippen MR) is 73.7 cm³/mol. The van der Waals surface area contributed by atoms with Gasteiger partial charge in [0.2, 0.25) is 11.8 Å². The second kappa shape index (κ2) is 5.12. The van der Waals surface area contributed by atoms with Crippen molar-refractivity contribution in [3.63, 3.8) is 0 Å². The van der Waals surface area contributed by atoms with Crippen LogP contribution in [0.5, 0.6) is 0 Å². The van der Waals surface area contributed by atoms with Crippen LogP contribution in [-0.4, -0.2) is 59.4 Å². The first-order valence-electron chi connectivity index (χ1n) is 7.20. The molecule has 0 spiro atoms. The molecule has 0 aromatic rings. The molecular formula is C14H25N3O2. The van der Waals surface area contributed by atoms with Crippen molar-refractivity contribution in [2.75, 3.05) is 20.1 Å². The maximum atomic E-state index is 12.7. The van der Waals surface area contributed by atoms with Gasteiger partial charge in [0, 0.05) is 12.6 Å². The molecule has 108 valence electrons. The summed E-state index contributed by atoms with van der Waals surface area (Å²) in [7, 11) is 2.08. The van der Waals surface area contributed by atoms with Gasteiger partial charge >= 0.3 is 0 Å². The van der Waals surface area contributed by atoms with Gasteiger partial charge in [-0.05, 0) is 46.7 Å². The highest BCUT2D eigenvalue weighted by molar-refractivity contribution is 5.99. The molecule has 2 heterocycles. The molecule has 2 amide bonds. The minimum Gasteiger partial charge on any atom is -0.340 e. The second-order valence-corrected chi connectivity index (χ2v) is 6.31. The lowest BCUT2D eigenvalue weighted by atomic mass is 9.91. The van der Waals surface area contributed by atoms with E-state index >= 15 is 0 Å². The molecule has 2 fully saturated rings. The summed E-state index contributed by atoms with van der Waals surface area (Å²) in [5, 5.41) is 2.84. The number of likely N-dealkylation sites (tertiary alicyclic amines) is 1. The largest absolute Gasteiger partial charge is 0.340 e. The third-order valence-electron chi connectivity index (χ3n) is 4.22. The van der Waals surface area contributed by atoms with Crippen molar-refractivity contribution in [2.45, 2.75) is 57.7 Å². The number of rotatable bonds is 2. The number of likely N-dealkylation sites (N-methyl/N-ethyl adjacent to an activating group) is 1. The highest BCUT2D eigenvalue weighted by Crippen LogP contribution is 2.26. The molecule has 2 saturated heterocycles. The summed E-state index contributed by atoms with van der Waals surface area (Å²) in [6.45, 7) is 7.49. The van der Waals surface area contributed by atoms with E-state index in [1.807, 2.05) is 11.8 Å². The summed E-state index contributed by atoms with van der Waals surface area (Å²) in [6.07, 6.45) is 2.76. The van der Waals surface area contributed by atoms with Crippen LogP contribution < -0.4 is 5.32 Å². The topological polar surface area (TPSA) is 52.7 Å². The average molecular weight is 267 g/mol. The lowest BCUT2D eigenvalue weighted by Gasteiger charge is -2.48. The van der Waals surface area contributed by atoms with Crippen LogP contribution in [0.25, 0.3) is 0 Å². The highest BCUT2D eigenvalue weighted by Gasteiger charge is 2.47. The van der Waals surface area contributed by atoms with Crippen LogP contribution in [0.1, 0.15) is 40.0 Å². The molecule has 2 rings (SSSR count). The molecular weight excluding hydrogens is 242 g/mol. The molecule has 2 unspecified atom stereocenters. The molecule has 0 aromatic carbocycles. The number of piperazine rings is 1. The van der Waals surface area contributed by atoms with Crippen LogP contribution in [0, 0.1) is 0 Å². The molecule has 5 nitrogen and oxygen atoms in total. The zero-order chi connectivity index (χ0) is 14.2. The zero-order valence-corrected chi connectivity index (χ0v) is 12.4. The zero-order valence-electron chi connectivity index (χ0n) is 12.4. The van der Waals surface area contributed by atoms with Crippen LogP contribution in [0.4, 0.5) is 0 Å². The molecule has 0 bridgehead atoms. The lowest BCUT2D eigenvalue weighted by Crippen LogP contribution is -2.71. The summed E-state index contributed by atoms with van der Waals surface area (Å²) < 4.78 is 0. The van der Waals surface area contributed by atoms with Gasteiger partial charge in [0.25, 0.3) is 0 Å². The van der Waals surface area contributed by atoms with Gasteiger partial charge in [-0.25, -0.2) is 0 Å². The van der Waals surface area contributed by atoms with E-state index in [0.717, 1.165) is 25.9 Å². The molecule has 0 aliphatic carbocycles. The number of carbonyl (C=O) groups is 2. The number of amides is 2. The molecule has 19 heavy (non-hydrogen) atoms. The monoisotopic (exact) mass is 267 g/mol. The molecule has 0 radical (unpaired) electrons. The van der Waals surface area contributed by atoms with Crippen LogP contribution in [-0.2, 0) is 9.59 Å². The second-order valence-electron chi connectivity index (χ2n) is 6.31. The van der Waals surface area contributed by atoms with Crippen LogP contribution in [0.2, 0.25) is 0 Å². The molecule has 0 saturated carbocycles. The first-order chi connectivity index (χ1) is 8.86. The van der Waals surface area contributed by atoms with E-state index < -0.39 is 5.54 Å². The van der Waals surface area contributed by atoms with Crippen molar-refractivity contribution in [2.24, 2.45) is 0 Å². The minimum absolute atomic E-state index is 0.0136. The Morgan fingerprint density at radius 3 is 2.63 bits per heavy atom. The van der Waals surface area contributed by atoms with Crippen molar-refractivity contribution in [3.8, 4) is 0 Å². The quantitative estimate of drug-likeness (QED) is 0.797. The summed E-state index contributed by atoms with van der Waals surface area (Å²) >= 11 is 0. The summed E-state index contributed by atoms with van der Waals surface area (Å²) in [5.74, 6) is 0.0413. The third kappa shape index (κ3) is 2.61. The molecule has 0 aromatic heterocycles. The van der Waals surface area contributed by atoms with Gasteiger partial charge in [0.1, 0.15) is 11.6 Å². The van der Waals surface area contributed by atoms with Crippen molar-refractivity contribution >= 4 is 11.8 Å². The Hall–Kier alpha value is -1.10. The van der Waals surface area contributed by atoms with Gasteiger partial charge in [-0.3, -0.25) is 9.59 Å². The SMILES string of the molecule is CCC1C(=O)NC(C)(C)C(=O)N1C1CCCN(C)C1. The first-order valence-corrected chi connectivity index (χ1v) is 7.20. The number of hydrogen-bond donors (Lipinski definition) is 1. The standard InChI is InChI=1S/C14H25N3O2/c1-5-11-12(18)15-14(2,3)13(19)17(11)10-7-6-8-16(4)9-10/h10-11H,5-9H2,1-4H3,(H,15,18). The molecule has 1 N–H and O–H groups in total. The number of hydrogen-bond acceptors (Lipinski definition) is 3. The van der Waals surface area contributed by atoms with Gasteiger partial charge < -0.3 is 15.1 Å². The van der Waals surface area contributed by atoms with Crippen LogP contribution >= 0.6 is 0 Å².